The van der Waals surface area contributed by atoms with Crippen molar-refractivity contribution in [3.05, 3.63) is 0 Å². The topological polar surface area (TPSA) is 54.0 Å². The quantitative estimate of drug-likeness (QED) is 0.575. The molecule has 108 valence electrons. The van der Waals surface area contributed by atoms with Crippen molar-refractivity contribution in [2.45, 2.75) is 32.0 Å². The standard InChI is InChI=1S/C13H28N2O3/c1-3-18-13-5-4-7-15(11-13)10-12(16)9-14-6-8-17-2/h12-14,16H,3-11H2,1-2H3. The highest BCUT2D eigenvalue weighted by Crippen LogP contribution is 2.13. The predicted octanol–water partition coefficient (Wildman–Crippen LogP) is 0.0842. The van der Waals surface area contributed by atoms with E-state index in [0.29, 0.717) is 19.3 Å². The van der Waals surface area contributed by atoms with Gasteiger partial charge in [0, 0.05) is 39.9 Å². The second kappa shape index (κ2) is 9.69. The van der Waals surface area contributed by atoms with Gasteiger partial charge in [-0.25, -0.2) is 0 Å². The summed E-state index contributed by atoms with van der Waals surface area (Å²) in [7, 11) is 1.68. The zero-order valence-corrected chi connectivity index (χ0v) is 11.7. The monoisotopic (exact) mass is 260 g/mol. The van der Waals surface area contributed by atoms with Crippen LogP contribution in [0, 0.1) is 0 Å². The van der Waals surface area contributed by atoms with E-state index in [1.807, 2.05) is 6.92 Å². The molecule has 0 saturated carbocycles. The first-order chi connectivity index (χ1) is 8.76. The first-order valence-electron chi connectivity index (χ1n) is 6.98. The van der Waals surface area contributed by atoms with Gasteiger partial charge in [-0.05, 0) is 26.3 Å². The van der Waals surface area contributed by atoms with Crippen LogP contribution < -0.4 is 5.32 Å². The largest absolute Gasteiger partial charge is 0.390 e. The molecule has 0 bridgehead atoms. The van der Waals surface area contributed by atoms with Crippen LogP contribution in [0.1, 0.15) is 19.8 Å². The Morgan fingerprint density at radius 1 is 1.50 bits per heavy atom. The highest BCUT2D eigenvalue weighted by Gasteiger charge is 2.21. The van der Waals surface area contributed by atoms with Gasteiger partial charge in [-0.1, -0.05) is 0 Å². The first-order valence-corrected chi connectivity index (χ1v) is 6.98. The van der Waals surface area contributed by atoms with Gasteiger partial charge >= 0.3 is 0 Å². The van der Waals surface area contributed by atoms with Crippen LogP contribution in [0.5, 0.6) is 0 Å². The molecule has 2 unspecified atom stereocenters. The van der Waals surface area contributed by atoms with Gasteiger partial charge in [0.05, 0.1) is 18.8 Å². The SMILES string of the molecule is CCOC1CCCN(CC(O)CNCCOC)C1. The molecule has 0 spiro atoms. The van der Waals surface area contributed by atoms with Crippen molar-refractivity contribution in [2.75, 3.05) is 53.0 Å². The summed E-state index contributed by atoms with van der Waals surface area (Å²) in [6.07, 6.45) is 2.33. The van der Waals surface area contributed by atoms with Gasteiger partial charge < -0.3 is 19.9 Å². The van der Waals surface area contributed by atoms with Crippen molar-refractivity contribution in [3.8, 4) is 0 Å². The number of rotatable bonds is 9. The third-order valence-corrected chi connectivity index (χ3v) is 3.20. The van der Waals surface area contributed by atoms with Crippen LogP contribution in [0.25, 0.3) is 0 Å². The fraction of sp³-hybridized carbons (Fsp3) is 1.00. The van der Waals surface area contributed by atoms with Crippen molar-refractivity contribution in [1.82, 2.24) is 10.2 Å². The number of aliphatic hydroxyl groups is 1. The number of piperidine rings is 1. The second-order valence-electron chi connectivity index (χ2n) is 4.83. The number of β-amino-alcohol motifs (C(OH)–C–C–N with tert-alkyl or cyclic N) is 1. The molecule has 5 nitrogen and oxygen atoms in total. The third-order valence-electron chi connectivity index (χ3n) is 3.20. The normalized spacial score (nSPS) is 23.2. The zero-order chi connectivity index (χ0) is 13.2. The summed E-state index contributed by atoms with van der Waals surface area (Å²) in [4.78, 5) is 2.30. The maximum atomic E-state index is 9.93. The van der Waals surface area contributed by atoms with Crippen LogP contribution >= 0.6 is 0 Å². The molecule has 0 aromatic heterocycles. The summed E-state index contributed by atoms with van der Waals surface area (Å²) in [5, 5.41) is 13.1. The number of aliphatic hydroxyl groups excluding tert-OH is 1. The Balaban J connectivity index is 2.12. The van der Waals surface area contributed by atoms with E-state index in [2.05, 4.69) is 10.2 Å². The minimum absolute atomic E-state index is 0.317. The molecule has 1 fully saturated rings. The molecule has 0 aliphatic carbocycles. The van der Waals surface area contributed by atoms with Crippen LogP contribution in [0.3, 0.4) is 0 Å². The van der Waals surface area contributed by atoms with E-state index in [0.717, 1.165) is 45.6 Å². The molecular weight excluding hydrogens is 232 g/mol. The van der Waals surface area contributed by atoms with Gasteiger partial charge in [-0.15, -0.1) is 0 Å². The summed E-state index contributed by atoms with van der Waals surface area (Å²) in [5.41, 5.74) is 0. The van der Waals surface area contributed by atoms with Crippen molar-refractivity contribution >= 4 is 0 Å². The van der Waals surface area contributed by atoms with E-state index in [4.69, 9.17) is 9.47 Å². The van der Waals surface area contributed by atoms with Crippen LogP contribution in [0.15, 0.2) is 0 Å². The Morgan fingerprint density at radius 2 is 2.33 bits per heavy atom. The van der Waals surface area contributed by atoms with Gasteiger partial charge in [0.2, 0.25) is 0 Å². The first kappa shape index (κ1) is 15.9. The molecule has 0 aromatic rings. The molecule has 2 atom stereocenters. The van der Waals surface area contributed by atoms with E-state index in [1.165, 1.54) is 0 Å². The van der Waals surface area contributed by atoms with E-state index in [-0.39, 0.29) is 6.10 Å². The summed E-state index contributed by atoms with van der Waals surface area (Å²) in [6, 6.07) is 0. The van der Waals surface area contributed by atoms with E-state index in [9.17, 15) is 5.11 Å². The van der Waals surface area contributed by atoms with Gasteiger partial charge in [-0.3, -0.25) is 4.90 Å². The fourth-order valence-corrected chi connectivity index (χ4v) is 2.36. The van der Waals surface area contributed by atoms with Crippen LogP contribution in [0.2, 0.25) is 0 Å². The lowest BCUT2D eigenvalue weighted by atomic mass is 10.1. The molecule has 1 heterocycles. The van der Waals surface area contributed by atoms with Gasteiger partial charge in [-0.2, -0.15) is 0 Å². The second-order valence-corrected chi connectivity index (χ2v) is 4.83. The molecule has 0 aromatic carbocycles. The van der Waals surface area contributed by atoms with Gasteiger partial charge in [0.25, 0.3) is 0 Å². The zero-order valence-electron chi connectivity index (χ0n) is 11.7. The highest BCUT2D eigenvalue weighted by molar-refractivity contribution is 4.76. The van der Waals surface area contributed by atoms with Crippen molar-refractivity contribution in [1.29, 1.82) is 0 Å². The number of ether oxygens (including phenoxy) is 2. The van der Waals surface area contributed by atoms with Crippen LogP contribution in [-0.2, 0) is 9.47 Å². The van der Waals surface area contributed by atoms with Gasteiger partial charge in [0.15, 0.2) is 0 Å². The van der Waals surface area contributed by atoms with Gasteiger partial charge in [0.1, 0.15) is 0 Å². The lowest BCUT2D eigenvalue weighted by Crippen LogP contribution is -2.45. The molecule has 0 radical (unpaired) electrons. The molecular formula is C13H28N2O3. The van der Waals surface area contributed by atoms with Crippen molar-refractivity contribution < 1.29 is 14.6 Å². The maximum absolute atomic E-state index is 9.93. The average molecular weight is 260 g/mol. The van der Waals surface area contributed by atoms with E-state index in [1.54, 1.807) is 7.11 Å². The Kier molecular flexibility index (Phi) is 8.54. The smallest absolute Gasteiger partial charge is 0.0791 e. The maximum Gasteiger partial charge on any atom is 0.0791 e. The number of likely N-dealkylation sites (tertiary alicyclic amines) is 1. The Bertz CT molecular complexity index is 203. The van der Waals surface area contributed by atoms with Crippen molar-refractivity contribution in [3.63, 3.8) is 0 Å². The summed E-state index contributed by atoms with van der Waals surface area (Å²) >= 11 is 0. The summed E-state index contributed by atoms with van der Waals surface area (Å²) in [5.74, 6) is 0. The number of nitrogens with one attached hydrogen (secondary N) is 1. The fourth-order valence-electron chi connectivity index (χ4n) is 2.36. The number of hydrogen-bond donors (Lipinski definition) is 2. The molecule has 0 amide bonds. The molecule has 1 aliphatic heterocycles. The molecule has 18 heavy (non-hydrogen) atoms. The molecule has 2 N–H and O–H groups in total. The molecule has 1 saturated heterocycles. The van der Waals surface area contributed by atoms with E-state index >= 15 is 0 Å². The van der Waals surface area contributed by atoms with Crippen LogP contribution in [0.4, 0.5) is 0 Å². The summed E-state index contributed by atoms with van der Waals surface area (Å²) < 4.78 is 10.6. The highest BCUT2D eigenvalue weighted by atomic mass is 16.5. The van der Waals surface area contributed by atoms with Crippen molar-refractivity contribution in [2.24, 2.45) is 0 Å². The third kappa shape index (κ3) is 6.66. The van der Waals surface area contributed by atoms with Crippen LogP contribution in [-0.4, -0.2) is 75.3 Å². The Morgan fingerprint density at radius 3 is 3.06 bits per heavy atom. The summed E-state index contributed by atoms with van der Waals surface area (Å²) in [6.45, 7) is 7.65. The number of hydrogen-bond acceptors (Lipinski definition) is 5. The Labute approximate surface area is 110 Å². The van der Waals surface area contributed by atoms with E-state index < -0.39 is 0 Å². The minimum Gasteiger partial charge on any atom is -0.390 e. The lowest BCUT2D eigenvalue weighted by Gasteiger charge is -2.33. The molecule has 5 heteroatoms. The number of nitrogens with zero attached hydrogens (tertiary/aromatic N) is 1. The number of methoxy groups -OCH3 is 1. The molecule has 1 aliphatic rings. The predicted molar refractivity (Wildman–Crippen MR) is 71.8 cm³/mol. The average Bonchev–Trinajstić information content (AvgIpc) is 2.35. The molecule has 1 rings (SSSR count). The minimum atomic E-state index is -0.317. The lowest BCUT2D eigenvalue weighted by molar-refractivity contribution is -0.00666. The Hall–Kier alpha value is -0.200.